The summed E-state index contributed by atoms with van der Waals surface area (Å²) in [5.74, 6) is 0.447. The van der Waals surface area contributed by atoms with Crippen LogP contribution in [0.1, 0.15) is 11.1 Å². The van der Waals surface area contributed by atoms with E-state index in [0.717, 1.165) is 17.2 Å². The number of benzene rings is 2. The van der Waals surface area contributed by atoms with E-state index in [2.05, 4.69) is 24.3 Å². The molecular weight excluding hydrogens is 300 g/mol. The molecule has 2 nitrogen and oxygen atoms in total. The van der Waals surface area contributed by atoms with Crippen LogP contribution in [0.3, 0.4) is 0 Å². The molecule has 2 radical (unpaired) electrons. The summed E-state index contributed by atoms with van der Waals surface area (Å²) in [6, 6.07) is 21.2. The number of hydrogen-bond acceptors (Lipinski definition) is 2. The molecule has 0 aliphatic rings. The van der Waals surface area contributed by atoms with E-state index in [-0.39, 0.29) is 5.91 Å². The summed E-state index contributed by atoms with van der Waals surface area (Å²) in [6.07, 6.45) is 0. The maximum absolute atomic E-state index is 5.88. The van der Waals surface area contributed by atoms with Gasteiger partial charge in [0, 0.05) is 5.88 Å². The van der Waals surface area contributed by atoms with Crippen molar-refractivity contribution in [3.63, 3.8) is 0 Å². The molecule has 4 heteroatoms. The zero-order valence-electron chi connectivity index (χ0n) is 11.9. The van der Waals surface area contributed by atoms with Crippen molar-refractivity contribution in [2.24, 2.45) is 0 Å². The summed E-state index contributed by atoms with van der Waals surface area (Å²) < 4.78 is 11.8. The van der Waals surface area contributed by atoms with Gasteiger partial charge < -0.3 is 9.47 Å². The molecule has 0 fully saturated rings. The fourth-order valence-electron chi connectivity index (χ4n) is 1.83. The normalized spacial score (nSPS) is 11.0. The molecular formula is C17H19ClO2Si. The molecule has 0 aromatic heterocycles. The van der Waals surface area contributed by atoms with Crippen LogP contribution in [0.5, 0.6) is 0 Å². The smallest absolute Gasteiger partial charge is 0.138 e. The molecule has 0 aliphatic heterocycles. The van der Waals surface area contributed by atoms with Gasteiger partial charge in [0.15, 0.2) is 0 Å². The van der Waals surface area contributed by atoms with Crippen molar-refractivity contribution in [1.82, 2.24) is 0 Å². The first-order chi connectivity index (χ1) is 10.4. The van der Waals surface area contributed by atoms with Gasteiger partial charge in [-0.25, -0.2) is 0 Å². The molecule has 0 amide bonds. The number of halogens is 1. The van der Waals surface area contributed by atoms with E-state index in [1.54, 1.807) is 0 Å². The van der Waals surface area contributed by atoms with Crippen molar-refractivity contribution < 1.29 is 9.47 Å². The highest BCUT2D eigenvalue weighted by Gasteiger charge is 2.11. The molecule has 2 aromatic carbocycles. The van der Waals surface area contributed by atoms with Crippen molar-refractivity contribution in [3.8, 4) is 0 Å². The Balaban J connectivity index is 1.82. The van der Waals surface area contributed by atoms with E-state index in [0.29, 0.717) is 28.6 Å². The fraction of sp³-hybridized carbons (Fsp3) is 0.294. The van der Waals surface area contributed by atoms with E-state index >= 15 is 0 Å². The molecule has 21 heavy (non-hydrogen) atoms. The summed E-state index contributed by atoms with van der Waals surface area (Å²) in [5, 5.41) is 0. The zero-order valence-corrected chi connectivity index (χ0v) is 13.6. The third kappa shape index (κ3) is 6.44. The minimum absolute atomic E-state index is 0.191. The largest absolute Gasteiger partial charge is 0.352 e. The second kappa shape index (κ2) is 9.74. The van der Waals surface area contributed by atoms with E-state index in [4.69, 9.17) is 21.1 Å². The van der Waals surface area contributed by atoms with Gasteiger partial charge in [-0.3, -0.25) is 0 Å². The van der Waals surface area contributed by atoms with Crippen LogP contribution in [0.15, 0.2) is 60.7 Å². The topological polar surface area (TPSA) is 18.5 Å². The second-order valence-corrected chi connectivity index (χ2v) is 6.33. The third-order valence-corrected chi connectivity index (χ3v) is 4.61. The van der Waals surface area contributed by atoms with Crippen LogP contribution in [-0.4, -0.2) is 21.3 Å². The maximum Gasteiger partial charge on any atom is 0.138 e. The SMILES string of the molecule is ClCC[Si]C(OCc1ccccc1)OCc1ccccc1. The molecule has 0 N–H and O–H groups in total. The Bertz CT molecular complexity index is 449. The first-order valence-corrected chi connectivity index (χ1v) is 8.81. The Morgan fingerprint density at radius 3 is 1.71 bits per heavy atom. The summed E-state index contributed by atoms with van der Waals surface area (Å²) in [4.78, 5) is 0. The lowest BCUT2D eigenvalue weighted by molar-refractivity contribution is -0.106. The molecule has 0 unspecified atom stereocenters. The molecule has 0 heterocycles. The Labute approximate surface area is 133 Å². The third-order valence-electron chi connectivity index (χ3n) is 2.89. The fourth-order valence-corrected chi connectivity index (χ4v) is 2.91. The summed E-state index contributed by atoms with van der Waals surface area (Å²) in [5.41, 5.74) is 2.31. The maximum atomic E-state index is 5.88. The van der Waals surface area contributed by atoms with E-state index < -0.39 is 0 Å². The van der Waals surface area contributed by atoms with Gasteiger partial charge in [-0.15, -0.1) is 11.6 Å². The van der Waals surface area contributed by atoms with Crippen molar-refractivity contribution in [2.45, 2.75) is 25.2 Å². The van der Waals surface area contributed by atoms with Gasteiger partial charge in [0.1, 0.15) is 15.4 Å². The quantitative estimate of drug-likeness (QED) is 0.394. The number of rotatable bonds is 9. The van der Waals surface area contributed by atoms with Crippen molar-refractivity contribution in [1.29, 1.82) is 0 Å². The molecule has 0 bridgehead atoms. The summed E-state index contributed by atoms with van der Waals surface area (Å²) in [6.45, 7) is 1.13. The molecule has 0 saturated carbocycles. The summed E-state index contributed by atoms with van der Waals surface area (Å²) in [7, 11) is 0.550. The highest BCUT2D eigenvalue weighted by atomic mass is 35.5. The number of hydrogen-bond donors (Lipinski definition) is 0. The van der Waals surface area contributed by atoms with Gasteiger partial charge in [-0.1, -0.05) is 60.7 Å². The lowest BCUT2D eigenvalue weighted by Crippen LogP contribution is -2.24. The number of alkyl halides is 1. The molecule has 110 valence electrons. The average Bonchev–Trinajstić information content (AvgIpc) is 2.56. The lowest BCUT2D eigenvalue weighted by Gasteiger charge is -2.18. The molecule has 0 saturated heterocycles. The first-order valence-electron chi connectivity index (χ1n) is 6.99. The van der Waals surface area contributed by atoms with Crippen molar-refractivity contribution >= 4 is 21.1 Å². The predicted molar refractivity (Wildman–Crippen MR) is 87.5 cm³/mol. The lowest BCUT2D eigenvalue weighted by atomic mass is 10.2. The van der Waals surface area contributed by atoms with Crippen LogP contribution in [0.2, 0.25) is 6.04 Å². The van der Waals surface area contributed by atoms with E-state index in [9.17, 15) is 0 Å². The Morgan fingerprint density at radius 1 is 0.810 bits per heavy atom. The Hall–Kier alpha value is -1.13. The molecule has 0 atom stereocenters. The highest BCUT2D eigenvalue weighted by molar-refractivity contribution is 6.38. The van der Waals surface area contributed by atoms with Gasteiger partial charge in [0.2, 0.25) is 0 Å². The van der Waals surface area contributed by atoms with Crippen LogP contribution in [-0.2, 0) is 22.7 Å². The highest BCUT2D eigenvalue weighted by Crippen LogP contribution is 2.08. The molecule has 2 rings (SSSR count). The monoisotopic (exact) mass is 318 g/mol. The minimum Gasteiger partial charge on any atom is -0.352 e. The molecule has 0 aliphatic carbocycles. The van der Waals surface area contributed by atoms with Crippen molar-refractivity contribution in [2.75, 3.05) is 5.88 Å². The van der Waals surface area contributed by atoms with Crippen LogP contribution in [0.4, 0.5) is 0 Å². The van der Waals surface area contributed by atoms with Gasteiger partial charge >= 0.3 is 0 Å². The van der Waals surface area contributed by atoms with Crippen LogP contribution in [0, 0.1) is 0 Å². The van der Waals surface area contributed by atoms with Crippen LogP contribution >= 0.6 is 11.6 Å². The van der Waals surface area contributed by atoms with E-state index in [1.807, 2.05) is 36.4 Å². The Morgan fingerprint density at radius 2 is 1.29 bits per heavy atom. The van der Waals surface area contributed by atoms with Crippen molar-refractivity contribution in [3.05, 3.63) is 71.8 Å². The van der Waals surface area contributed by atoms with Gasteiger partial charge in [0.05, 0.1) is 13.2 Å². The van der Waals surface area contributed by atoms with Crippen LogP contribution < -0.4 is 0 Å². The average molecular weight is 319 g/mol. The zero-order chi connectivity index (χ0) is 14.8. The number of ether oxygens (including phenoxy) is 2. The van der Waals surface area contributed by atoms with Gasteiger partial charge in [-0.2, -0.15) is 0 Å². The van der Waals surface area contributed by atoms with Gasteiger partial charge in [-0.05, 0) is 17.2 Å². The van der Waals surface area contributed by atoms with E-state index in [1.165, 1.54) is 0 Å². The molecule has 2 aromatic rings. The summed E-state index contributed by atoms with van der Waals surface area (Å²) >= 11 is 5.78. The van der Waals surface area contributed by atoms with Crippen LogP contribution in [0.25, 0.3) is 0 Å². The Kier molecular flexibility index (Phi) is 7.53. The first kappa shape index (κ1) is 16.2. The van der Waals surface area contributed by atoms with Gasteiger partial charge in [0.25, 0.3) is 0 Å². The molecule has 0 spiro atoms. The second-order valence-electron chi connectivity index (χ2n) is 4.57. The minimum atomic E-state index is -0.191. The predicted octanol–water partition coefficient (Wildman–Crippen LogP) is 4.06. The standard InChI is InChI=1S/C17H19ClO2Si/c18-11-12-21-17(19-13-15-7-3-1-4-8-15)20-14-16-9-5-2-6-10-16/h1-10,17H,11-14H2.